The molecule has 1 N–H and O–H groups in total. The minimum Gasteiger partial charge on any atom is -0.348 e. The van der Waals surface area contributed by atoms with Gasteiger partial charge in [0.15, 0.2) is 0 Å². The lowest BCUT2D eigenvalue weighted by Crippen LogP contribution is -2.12. The minimum atomic E-state index is -0.634. The fourth-order valence-electron chi connectivity index (χ4n) is 3.40. The molecule has 0 aliphatic carbocycles. The van der Waals surface area contributed by atoms with E-state index in [2.05, 4.69) is 10.4 Å². The Kier molecular flexibility index (Phi) is 4.03. The minimum absolute atomic E-state index is 0.165. The van der Waals surface area contributed by atoms with Crippen molar-refractivity contribution in [3.8, 4) is 11.1 Å². The fraction of sp³-hybridized carbons (Fsp3) is 0.200. The topological polar surface area (TPSA) is 46.9 Å². The first-order valence-electron chi connectivity index (χ1n) is 8.39. The number of carbonyl (C=O) groups is 1. The molecule has 0 radical (unpaired) electrons. The van der Waals surface area contributed by atoms with E-state index >= 15 is 0 Å². The van der Waals surface area contributed by atoms with E-state index in [1.165, 1.54) is 12.1 Å². The van der Waals surface area contributed by atoms with E-state index < -0.39 is 11.6 Å². The highest BCUT2D eigenvalue weighted by molar-refractivity contribution is 5.99. The van der Waals surface area contributed by atoms with Crippen LogP contribution >= 0.6 is 0 Å². The highest BCUT2D eigenvalue weighted by Crippen LogP contribution is 2.32. The van der Waals surface area contributed by atoms with Crippen molar-refractivity contribution in [1.82, 2.24) is 15.1 Å². The molecule has 1 aromatic heterocycles. The lowest BCUT2D eigenvalue weighted by atomic mass is 9.91. The van der Waals surface area contributed by atoms with E-state index in [1.54, 1.807) is 16.9 Å². The van der Waals surface area contributed by atoms with Gasteiger partial charge in [-0.1, -0.05) is 6.07 Å². The summed E-state index contributed by atoms with van der Waals surface area (Å²) in [6.07, 6.45) is 3.13. The first-order chi connectivity index (χ1) is 12.5. The van der Waals surface area contributed by atoms with E-state index in [-0.39, 0.29) is 5.91 Å². The first-order valence-corrected chi connectivity index (χ1v) is 8.39. The zero-order valence-electron chi connectivity index (χ0n) is 14.2. The maximum Gasteiger partial charge on any atom is 0.251 e. The van der Waals surface area contributed by atoms with Gasteiger partial charge in [-0.2, -0.15) is 5.10 Å². The smallest absolute Gasteiger partial charge is 0.251 e. The van der Waals surface area contributed by atoms with Gasteiger partial charge in [-0.25, -0.2) is 8.78 Å². The average molecular weight is 353 g/mol. The lowest BCUT2D eigenvalue weighted by molar-refractivity contribution is 0.0966. The molecule has 4 nitrogen and oxygen atoms in total. The summed E-state index contributed by atoms with van der Waals surface area (Å²) in [5, 5.41) is 6.95. The highest BCUT2D eigenvalue weighted by Gasteiger charge is 2.22. The number of carbonyl (C=O) groups excluding carboxylic acids is 1. The zero-order chi connectivity index (χ0) is 18.3. The summed E-state index contributed by atoms with van der Waals surface area (Å²) in [5.41, 5.74) is 4.36. The van der Waals surface area contributed by atoms with Crippen molar-refractivity contribution in [2.45, 2.75) is 19.4 Å². The van der Waals surface area contributed by atoms with Crippen LogP contribution in [0.5, 0.6) is 0 Å². The number of rotatable bonds is 4. The van der Waals surface area contributed by atoms with Crippen molar-refractivity contribution in [3.63, 3.8) is 0 Å². The third kappa shape index (κ3) is 2.87. The number of nitrogens with zero attached hydrogens (tertiary/aromatic N) is 2. The molecule has 26 heavy (non-hydrogen) atoms. The Labute approximate surface area is 149 Å². The zero-order valence-corrected chi connectivity index (χ0v) is 14.2. The normalized spacial score (nSPS) is 13.0. The maximum absolute atomic E-state index is 14.4. The van der Waals surface area contributed by atoms with Crippen LogP contribution in [0.1, 0.15) is 27.2 Å². The molecule has 1 amide bonds. The predicted octanol–water partition coefficient (Wildman–Crippen LogP) is 3.39. The number of nitrogens with one attached hydrogen (secondary N) is 1. The molecule has 0 fully saturated rings. The van der Waals surface area contributed by atoms with Crippen LogP contribution in [0.15, 0.2) is 42.6 Å². The predicted molar refractivity (Wildman–Crippen MR) is 93.6 cm³/mol. The molecule has 4 rings (SSSR count). The van der Waals surface area contributed by atoms with Gasteiger partial charge in [0.25, 0.3) is 5.91 Å². The van der Waals surface area contributed by atoms with Gasteiger partial charge in [-0.15, -0.1) is 0 Å². The summed E-state index contributed by atoms with van der Waals surface area (Å²) in [6.45, 7) is 0.471. The number of hydrogen-bond donors (Lipinski definition) is 1. The fourth-order valence-corrected chi connectivity index (χ4v) is 3.40. The Morgan fingerprint density at radius 2 is 1.92 bits per heavy atom. The summed E-state index contributed by atoms with van der Waals surface area (Å²) in [7, 11) is 1.88. The quantitative estimate of drug-likeness (QED) is 0.781. The number of benzene rings is 2. The van der Waals surface area contributed by atoms with E-state index in [4.69, 9.17) is 0 Å². The third-order valence-electron chi connectivity index (χ3n) is 4.81. The third-order valence-corrected chi connectivity index (χ3v) is 4.81. The molecule has 2 aromatic carbocycles. The molecule has 0 saturated carbocycles. The Morgan fingerprint density at radius 3 is 2.65 bits per heavy atom. The molecule has 0 saturated heterocycles. The van der Waals surface area contributed by atoms with Gasteiger partial charge in [0.1, 0.15) is 11.6 Å². The summed E-state index contributed by atoms with van der Waals surface area (Å²) in [6, 6.07) is 9.13. The largest absolute Gasteiger partial charge is 0.348 e. The summed E-state index contributed by atoms with van der Waals surface area (Å²) in [4.78, 5) is 12.0. The monoisotopic (exact) mass is 353 g/mol. The Balaban J connectivity index is 1.78. The van der Waals surface area contributed by atoms with Gasteiger partial charge in [0.2, 0.25) is 0 Å². The number of aryl methyl sites for hydroxylation is 3. The number of fused-ring (bicyclic) bond motifs is 1. The molecule has 6 heteroatoms. The van der Waals surface area contributed by atoms with Gasteiger partial charge in [0.05, 0.1) is 0 Å². The standard InChI is InChI=1S/C20H17F2N3O/c1-25-15(6-7-24-25)4-2-12-8-13-11-23-20(26)18(13)10-17(12)16-5-3-14(21)9-19(16)22/h3,5-10H,2,4,11H2,1H3,(H,23,26). The van der Waals surface area contributed by atoms with E-state index in [0.29, 0.717) is 29.7 Å². The second kappa shape index (κ2) is 6.37. The summed E-state index contributed by atoms with van der Waals surface area (Å²) >= 11 is 0. The van der Waals surface area contributed by atoms with Crippen molar-refractivity contribution < 1.29 is 13.6 Å². The van der Waals surface area contributed by atoms with Crippen molar-refractivity contribution in [2.75, 3.05) is 0 Å². The Morgan fingerprint density at radius 1 is 1.08 bits per heavy atom. The first kappa shape index (κ1) is 16.4. The Hall–Kier alpha value is -3.02. The van der Waals surface area contributed by atoms with Crippen molar-refractivity contribution in [2.24, 2.45) is 7.05 Å². The van der Waals surface area contributed by atoms with Crippen molar-refractivity contribution in [3.05, 3.63) is 76.6 Å². The van der Waals surface area contributed by atoms with Crippen LogP contribution in [0.2, 0.25) is 0 Å². The van der Waals surface area contributed by atoms with Gasteiger partial charge >= 0.3 is 0 Å². The van der Waals surface area contributed by atoms with Crippen LogP contribution in [0.4, 0.5) is 8.78 Å². The Bertz CT molecular complexity index is 1010. The average Bonchev–Trinajstić information content (AvgIpc) is 3.18. The van der Waals surface area contributed by atoms with Crippen molar-refractivity contribution >= 4 is 5.91 Å². The number of aromatic nitrogens is 2. The molecule has 3 aromatic rings. The molecule has 0 atom stereocenters. The second-order valence-corrected chi connectivity index (χ2v) is 6.42. The van der Waals surface area contributed by atoms with Gasteiger partial charge in [-0.3, -0.25) is 9.48 Å². The molecule has 1 aliphatic rings. The van der Waals surface area contributed by atoms with Crippen LogP contribution < -0.4 is 5.32 Å². The summed E-state index contributed by atoms with van der Waals surface area (Å²) < 4.78 is 29.5. The van der Waals surface area contributed by atoms with Gasteiger partial charge in [-0.05, 0) is 53.8 Å². The molecule has 0 unspecified atom stereocenters. The van der Waals surface area contributed by atoms with Crippen molar-refractivity contribution in [1.29, 1.82) is 0 Å². The SMILES string of the molecule is Cn1nccc1CCc1cc2c(cc1-c1ccc(F)cc1F)C(=O)NC2. The van der Waals surface area contributed by atoms with E-state index in [9.17, 15) is 13.6 Å². The molecule has 0 spiro atoms. The van der Waals surface area contributed by atoms with Crippen LogP contribution in [-0.2, 0) is 26.4 Å². The van der Waals surface area contributed by atoms with Gasteiger partial charge in [0, 0.05) is 42.7 Å². The lowest BCUT2D eigenvalue weighted by Gasteiger charge is -2.13. The molecular formula is C20H17F2N3O. The van der Waals surface area contributed by atoms with Crippen LogP contribution in [0, 0.1) is 11.6 Å². The van der Waals surface area contributed by atoms with Crippen LogP contribution in [0.3, 0.4) is 0 Å². The maximum atomic E-state index is 14.4. The summed E-state index contributed by atoms with van der Waals surface area (Å²) in [5.74, 6) is -1.42. The van der Waals surface area contributed by atoms with Crippen LogP contribution in [-0.4, -0.2) is 15.7 Å². The number of amides is 1. The molecule has 132 valence electrons. The number of hydrogen-bond acceptors (Lipinski definition) is 2. The highest BCUT2D eigenvalue weighted by atomic mass is 19.1. The molecule has 2 heterocycles. The second-order valence-electron chi connectivity index (χ2n) is 6.42. The molecule has 1 aliphatic heterocycles. The van der Waals surface area contributed by atoms with Gasteiger partial charge < -0.3 is 5.32 Å². The molecule has 0 bridgehead atoms. The molecular weight excluding hydrogens is 336 g/mol. The number of halogens is 2. The van der Waals surface area contributed by atoms with E-state index in [0.717, 1.165) is 29.3 Å². The van der Waals surface area contributed by atoms with Crippen LogP contribution in [0.25, 0.3) is 11.1 Å². The van der Waals surface area contributed by atoms with E-state index in [1.807, 2.05) is 19.2 Å².